The van der Waals surface area contributed by atoms with Gasteiger partial charge in [-0.1, -0.05) is 12.1 Å². The van der Waals surface area contributed by atoms with Crippen LogP contribution in [0.2, 0.25) is 0 Å². The molecule has 0 bridgehead atoms. The van der Waals surface area contributed by atoms with Gasteiger partial charge in [0.25, 0.3) is 0 Å². The first-order valence-corrected chi connectivity index (χ1v) is 12.1. The minimum Gasteiger partial charge on any atom is -0.453 e. The Bertz CT molecular complexity index is 1330. The Hall–Kier alpha value is -3.86. The molecule has 1 aromatic carbocycles. The summed E-state index contributed by atoms with van der Waals surface area (Å²) in [5.41, 5.74) is 6.03. The molecule has 1 aliphatic heterocycles. The number of likely N-dealkylation sites (tertiary alicyclic amines) is 1. The van der Waals surface area contributed by atoms with Crippen LogP contribution in [0.3, 0.4) is 0 Å². The Morgan fingerprint density at radius 3 is 2.82 bits per heavy atom. The summed E-state index contributed by atoms with van der Waals surface area (Å²) in [6.07, 6.45) is -0.794. The molecule has 1 fully saturated rings. The monoisotopic (exact) mass is 528 g/mol. The number of piperidine rings is 1. The fourth-order valence-corrected chi connectivity index (χ4v) is 4.66. The summed E-state index contributed by atoms with van der Waals surface area (Å²) in [7, 11) is 1.16. The number of benzene rings is 1. The number of methoxy groups -OCH3 is 1. The molecule has 3 aromatic rings. The standard InChI is InChI=1S/C25H30F2N8O3/c1-3-34-10-6-20(31-34)16-4-5-17(19(26)12-16)13-33-11-8-25(7-9-28,21(27)15-33)35-14-18(22(29)36)23(32-35)30-24(37)38-2/h4-6,10,12,14,21-22,36H,3,7-8,11,13,15,29H2,1-2H3,(H,30,32,37). The van der Waals surface area contributed by atoms with Crippen molar-refractivity contribution in [1.29, 1.82) is 5.26 Å². The lowest BCUT2D eigenvalue weighted by Gasteiger charge is -2.43. The van der Waals surface area contributed by atoms with Gasteiger partial charge in [0.2, 0.25) is 0 Å². The van der Waals surface area contributed by atoms with Crippen LogP contribution in [0.5, 0.6) is 0 Å². The van der Waals surface area contributed by atoms with E-state index in [0.717, 1.165) is 7.11 Å². The lowest BCUT2D eigenvalue weighted by Crippen LogP contribution is -2.54. The Labute approximate surface area is 218 Å². The maximum atomic E-state index is 15.9. The lowest BCUT2D eigenvalue weighted by molar-refractivity contribution is 0.00646. The number of hydrogen-bond donors (Lipinski definition) is 3. The summed E-state index contributed by atoms with van der Waals surface area (Å²) in [6.45, 7) is 3.13. The van der Waals surface area contributed by atoms with Crippen LogP contribution >= 0.6 is 0 Å². The van der Waals surface area contributed by atoms with Gasteiger partial charge >= 0.3 is 6.09 Å². The third-order valence-electron chi connectivity index (χ3n) is 6.88. The smallest absolute Gasteiger partial charge is 0.412 e. The van der Waals surface area contributed by atoms with Gasteiger partial charge in [0, 0.05) is 49.7 Å². The highest BCUT2D eigenvalue weighted by atomic mass is 19.1. The zero-order valence-corrected chi connectivity index (χ0v) is 21.1. The first-order valence-electron chi connectivity index (χ1n) is 12.1. The van der Waals surface area contributed by atoms with Crippen molar-refractivity contribution in [1.82, 2.24) is 24.5 Å². The fourth-order valence-electron chi connectivity index (χ4n) is 4.66. The van der Waals surface area contributed by atoms with Gasteiger partial charge in [0.05, 0.1) is 30.9 Å². The van der Waals surface area contributed by atoms with Crippen molar-refractivity contribution in [3.63, 3.8) is 0 Å². The maximum Gasteiger partial charge on any atom is 0.412 e. The van der Waals surface area contributed by atoms with Gasteiger partial charge in [-0.25, -0.2) is 13.6 Å². The van der Waals surface area contributed by atoms with Crippen molar-refractivity contribution in [3.8, 4) is 17.3 Å². The van der Waals surface area contributed by atoms with Gasteiger partial charge in [-0.05, 0) is 25.5 Å². The van der Waals surface area contributed by atoms with Crippen LogP contribution in [0.4, 0.5) is 19.4 Å². The molecule has 4 rings (SSSR count). The molecule has 1 saturated heterocycles. The third-order valence-corrected chi connectivity index (χ3v) is 6.88. The molecule has 3 atom stereocenters. The van der Waals surface area contributed by atoms with Crippen molar-refractivity contribution in [2.24, 2.45) is 5.73 Å². The molecular weight excluding hydrogens is 498 g/mol. The number of hydrogen-bond acceptors (Lipinski definition) is 8. The number of nitrogens with zero attached hydrogens (tertiary/aromatic N) is 6. The molecule has 0 radical (unpaired) electrons. The predicted molar refractivity (Wildman–Crippen MR) is 134 cm³/mol. The highest BCUT2D eigenvalue weighted by Gasteiger charge is 2.46. The fraction of sp³-hybridized carbons (Fsp3) is 0.440. The molecule has 0 aliphatic carbocycles. The minimum absolute atomic E-state index is 0.0493. The number of aryl methyl sites for hydroxylation is 1. The lowest BCUT2D eigenvalue weighted by atomic mass is 9.83. The number of anilines is 1. The highest BCUT2D eigenvalue weighted by Crippen LogP contribution is 2.38. The van der Waals surface area contributed by atoms with Gasteiger partial charge in [-0.15, -0.1) is 0 Å². The van der Waals surface area contributed by atoms with E-state index in [4.69, 9.17) is 5.73 Å². The summed E-state index contributed by atoms with van der Waals surface area (Å²) in [5, 5.41) is 30.4. The number of ether oxygens (including phenoxy) is 1. The summed E-state index contributed by atoms with van der Waals surface area (Å²) in [4.78, 5) is 13.5. The molecule has 4 N–H and O–H groups in total. The highest BCUT2D eigenvalue weighted by molar-refractivity contribution is 5.84. The molecule has 2 aromatic heterocycles. The Balaban J connectivity index is 1.53. The molecule has 3 heterocycles. The number of amides is 1. The van der Waals surface area contributed by atoms with Gasteiger partial charge in [0.1, 0.15) is 23.8 Å². The molecule has 0 saturated carbocycles. The molecule has 13 heteroatoms. The Morgan fingerprint density at radius 1 is 1.42 bits per heavy atom. The van der Waals surface area contributed by atoms with E-state index in [-0.39, 0.29) is 37.3 Å². The predicted octanol–water partition coefficient (Wildman–Crippen LogP) is 2.89. The number of alkyl halides is 1. The number of halogens is 2. The quantitative estimate of drug-likeness (QED) is 0.378. The van der Waals surface area contributed by atoms with E-state index >= 15 is 4.39 Å². The van der Waals surface area contributed by atoms with Crippen molar-refractivity contribution in [2.45, 2.75) is 50.8 Å². The van der Waals surface area contributed by atoms with Crippen LogP contribution in [0.25, 0.3) is 11.3 Å². The molecule has 202 valence electrons. The normalized spacial score (nSPS) is 20.6. The Kier molecular flexibility index (Phi) is 8.05. The zero-order valence-electron chi connectivity index (χ0n) is 21.1. The van der Waals surface area contributed by atoms with Gasteiger partial charge in [-0.3, -0.25) is 19.6 Å². The number of nitrogens with one attached hydrogen (secondary N) is 1. The van der Waals surface area contributed by atoms with Gasteiger partial charge in [-0.2, -0.15) is 15.5 Å². The second-order valence-corrected chi connectivity index (χ2v) is 9.19. The van der Waals surface area contributed by atoms with Crippen LogP contribution in [0, 0.1) is 17.1 Å². The van der Waals surface area contributed by atoms with Crippen LogP contribution in [0.1, 0.15) is 37.1 Å². The molecule has 1 amide bonds. The van der Waals surface area contributed by atoms with Crippen LogP contribution in [-0.2, 0) is 23.4 Å². The number of nitrogens with two attached hydrogens (primary N) is 1. The zero-order chi connectivity index (χ0) is 27.4. The van der Waals surface area contributed by atoms with Crippen molar-refractivity contribution in [2.75, 3.05) is 25.5 Å². The molecular formula is C25H30F2N8O3. The van der Waals surface area contributed by atoms with E-state index in [1.54, 1.807) is 21.7 Å². The SMILES string of the molecule is CCn1ccc(-c2ccc(CN3CCC(CC#N)(n4cc(C(N)O)c(NC(=O)OC)n4)C(F)C3)c(F)c2)n1. The number of nitriles is 1. The number of carbonyl (C=O) groups is 1. The Morgan fingerprint density at radius 2 is 2.21 bits per heavy atom. The summed E-state index contributed by atoms with van der Waals surface area (Å²) < 4.78 is 38.4. The first-order chi connectivity index (χ1) is 18.2. The number of rotatable bonds is 8. The van der Waals surface area contributed by atoms with Gasteiger partial charge < -0.3 is 15.6 Å². The van der Waals surface area contributed by atoms with E-state index in [0.29, 0.717) is 29.9 Å². The molecule has 3 unspecified atom stereocenters. The van der Waals surface area contributed by atoms with E-state index in [2.05, 4.69) is 20.3 Å². The molecule has 1 aliphatic rings. The van der Waals surface area contributed by atoms with Crippen molar-refractivity contribution >= 4 is 11.9 Å². The van der Waals surface area contributed by atoms with Gasteiger partial charge in [0.15, 0.2) is 5.82 Å². The summed E-state index contributed by atoms with van der Waals surface area (Å²) in [6, 6.07) is 8.73. The maximum absolute atomic E-state index is 15.9. The van der Waals surface area contributed by atoms with Crippen molar-refractivity contribution in [3.05, 3.63) is 53.6 Å². The summed E-state index contributed by atoms with van der Waals surface area (Å²) >= 11 is 0. The molecule has 38 heavy (non-hydrogen) atoms. The third kappa shape index (κ3) is 5.38. The first kappa shape index (κ1) is 27.2. The average Bonchev–Trinajstić information content (AvgIpc) is 3.55. The van der Waals surface area contributed by atoms with Crippen LogP contribution in [0.15, 0.2) is 36.7 Å². The second-order valence-electron chi connectivity index (χ2n) is 9.19. The van der Waals surface area contributed by atoms with Crippen molar-refractivity contribution < 1.29 is 23.4 Å². The number of aliphatic hydroxyl groups excluding tert-OH is 1. The van der Waals surface area contributed by atoms with E-state index in [1.165, 1.54) is 16.9 Å². The van der Waals surface area contributed by atoms with Crippen LogP contribution < -0.4 is 11.1 Å². The molecule has 11 nitrogen and oxygen atoms in total. The van der Waals surface area contributed by atoms with E-state index in [1.807, 2.05) is 25.3 Å². The van der Waals surface area contributed by atoms with E-state index < -0.39 is 29.8 Å². The largest absolute Gasteiger partial charge is 0.453 e. The topological polar surface area (TPSA) is 147 Å². The van der Waals surface area contributed by atoms with E-state index in [9.17, 15) is 19.6 Å². The minimum atomic E-state index is -1.56. The number of aliphatic hydroxyl groups is 1. The van der Waals surface area contributed by atoms with Crippen LogP contribution in [-0.4, -0.2) is 62.0 Å². The number of carbonyl (C=O) groups excluding carboxylic acids is 1. The molecule has 0 spiro atoms. The second kappa shape index (κ2) is 11.3. The summed E-state index contributed by atoms with van der Waals surface area (Å²) in [5.74, 6) is -0.505. The average molecular weight is 529 g/mol. The number of aromatic nitrogens is 4.